The third kappa shape index (κ3) is 5.00. The van der Waals surface area contributed by atoms with Crippen LogP contribution < -0.4 is 4.74 Å². The van der Waals surface area contributed by atoms with Gasteiger partial charge in [-0.2, -0.15) is 0 Å². The zero-order valence-corrected chi connectivity index (χ0v) is 14.5. The van der Waals surface area contributed by atoms with E-state index in [1.165, 1.54) is 13.8 Å². The first-order valence-electron chi connectivity index (χ1n) is 6.57. The predicted octanol–water partition coefficient (Wildman–Crippen LogP) is 3.99. The van der Waals surface area contributed by atoms with Crippen LogP contribution in [0.25, 0.3) is 0 Å². The molecule has 116 valence electrons. The third-order valence-electron chi connectivity index (χ3n) is 2.82. The van der Waals surface area contributed by atoms with Crippen LogP contribution in [-0.4, -0.2) is 23.4 Å². The number of hydrogen-bond donors (Lipinski definition) is 0. The van der Waals surface area contributed by atoms with Crippen molar-refractivity contribution < 1.29 is 19.1 Å². The molecule has 1 atom stereocenters. The summed E-state index contributed by atoms with van der Waals surface area (Å²) < 4.78 is 10.5. The van der Waals surface area contributed by atoms with Gasteiger partial charge in [-0.1, -0.05) is 18.5 Å². The molecule has 0 N–H and O–H groups in total. The number of esters is 1. The lowest BCUT2D eigenvalue weighted by molar-refractivity contribution is -0.159. The Morgan fingerprint density at radius 3 is 2.38 bits per heavy atom. The van der Waals surface area contributed by atoms with Gasteiger partial charge in [-0.3, -0.25) is 9.59 Å². The minimum atomic E-state index is -1.28. The van der Waals surface area contributed by atoms with E-state index < -0.39 is 22.2 Å². The van der Waals surface area contributed by atoms with Gasteiger partial charge in [0.2, 0.25) is 10.8 Å². The molecule has 0 aliphatic carbocycles. The zero-order valence-electron chi connectivity index (χ0n) is 12.2. The van der Waals surface area contributed by atoms with Crippen molar-refractivity contribution in [3.63, 3.8) is 0 Å². The fraction of sp³-hybridized carbons (Fsp3) is 0.467. The molecule has 0 bridgehead atoms. The van der Waals surface area contributed by atoms with Crippen LogP contribution in [-0.2, 0) is 14.3 Å². The molecule has 1 aromatic rings. The van der Waals surface area contributed by atoms with Gasteiger partial charge in [-0.25, -0.2) is 0 Å². The van der Waals surface area contributed by atoms with Crippen LogP contribution in [0.15, 0.2) is 24.3 Å². The molecule has 0 saturated heterocycles. The summed E-state index contributed by atoms with van der Waals surface area (Å²) in [6.07, 6.45) is 0.703. The number of Topliss-reactive ketones (excluding diaryl/α,β-unsaturated/α-hetero) is 1. The summed E-state index contributed by atoms with van der Waals surface area (Å²) in [7, 11) is 0. The molecule has 1 aromatic carbocycles. The van der Waals surface area contributed by atoms with Gasteiger partial charge in [0.1, 0.15) is 11.2 Å². The van der Waals surface area contributed by atoms with Gasteiger partial charge in [0.05, 0.1) is 6.61 Å². The van der Waals surface area contributed by atoms with E-state index in [0.29, 0.717) is 23.8 Å². The fourth-order valence-electron chi connectivity index (χ4n) is 1.45. The number of carbonyl (C=O) groups is 2. The topological polar surface area (TPSA) is 52.6 Å². The van der Waals surface area contributed by atoms with Crippen molar-refractivity contribution in [1.29, 1.82) is 0 Å². The maximum atomic E-state index is 12.3. The number of carbonyl (C=O) groups excluding carboxylic acids is 2. The van der Waals surface area contributed by atoms with Crippen LogP contribution in [0.4, 0.5) is 0 Å². The largest absolute Gasteiger partial charge is 0.471 e. The molecule has 0 fully saturated rings. The van der Waals surface area contributed by atoms with E-state index in [-0.39, 0.29) is 0 Å². The Balaban J connectivity index is 2.72. The molecule has 21 heavy (non-hydrogen) atoms. The Hall–Kier alpha value is -1.07. The highest BCUT2D eigenvalue weighted by Gasteiger charge is 2.41. The molecule has 6 heteroatoms. The maximum absolute atomic E-state index is 12.3. The molecule has 0 amide bonds. The van der Waals surface area contributed by atoms with Gasteiger partial charge in [-0.15, -0.1) is 0 Å². The average molecular weight is 378 g/mol. The molecule has 0 heterocycles. The molecule has 0 spiro atoms. The number of alkyl halides is 1. The first kappa shape index (κ1) is 18.0. The van der Waals surface area contributed by atoms with Crippen LogP contribution in [0.5, 0.6) is 5.75 Å². The number of halogens is 2. The maximum Gasteiger partial charge on any atom is 0.319 e. The second-order valence-electron chi connectivity index (χ2n) is 5.01. The summed E-state index contributed by atoms with van der Waals surface area (Å²) >= 11 is 8.94. The van der Waals surface area contributed by atoms with Crippen molar-refractivity contribution in [2.45, 2.75) is 32.2 Å². The van der Waals surface area contributed by atoms with Gasteiger partial charge in [0.25, 0.3) is 0 Å². The normalized spacial score (nSPS) is 12.6. The first-order valence-corrected chi connectivity index (χ1v) is 7.86. The SMILES string of the molecule is CCCOC(=O)C(C)(C)C(=O)C(Br)Oc1ccc(Cl)cc1. The van der Waals surface area contributed by atoms with Crippen LogP contribution in [0, 0.1) is 5.41 Å². The van der Waals surface area contributed by atoms with Crippen molar-refractivity contribution in [3.8, 4) is 5.75 Å². The quantitative estimate of drug-likeness (QED) is 0.409. The Labute approximate surface area is 137 Å². The van der Waals surface area contributed by atoms with E-state index in [2.05, 4.69) is 15.9 Å². The number of benzene rings is 1. The second-order valence-corrected chi connectivity index (χ2v) is 6.28. The van der Waals surface area contributed by atoms with E-state index in [1.54, 1.807) is 24.3 Å². The van der Waals surface area contributed by atoms with Gasteiger partial charge >= 0.3 is 5.97 Å². The molecule has 0 radical (unpaired) electrons. The number of ketones is 1. The Morgan fingerprint density at radius 1 is 1.29 bits per heavy atom. The third-order valence-corrected chi connectivity index (χ3v) is 3.68. The van der Waals surface area contributed by atoms with Crippen molar-refractivity contribution >= 4 is 39.3 Å². The monoisotopic (exact) mass is 376 g/mol. The van der Waals surface area contributed by atoms with Crippen LogP contribution >= 0.6 is 27.5 Å². The lowest BCUT2D eigenvalue weighted by atomic mass is 9.88. The summed E-state index contributed by atoms with van der Waals surface area (Å²) in [6, 6.07) is 6.60. The standard InChI is InChI=1S/C15H18BrClO4/c1-4-9-20-14(19)15(2,3)12(18)13(16)21-11-7-5-10(17)6-8-11/h5-8,13H,4,9H2,1-3H3. The lowest BCUT2D eigenvalue weighted by Gasteiger charge is -2.24. The molecule has 4 nitrogen and oxygen atoms in total. The smallest absolute Gasteiger partial charge is 0.319 e. The number of ether oxygens (including phenoxy) is 2. The van der Waals surface area contributed by atoms with E-state index in [0.717, 1.165) is 0 Å². The van der Waals surface area contributed by atoms with Crippen molar-refractivity contribution in [3.05, 3.63) is 29.3 Å². The number of hydrogen-bond acceptors (Lipinski definition) is 4. The Bertz CT molecular complexity index is 499. The molecule has 0 aliphatic heterocycles. The fourth-order valence-corrected chi connectivity index (χ4v) is 2.36. The van der Waals surface area contributed by atoms with E-state index in [1.807, 2.05) is 6.92 Å². The second kappa shape index (κ2) is 7.80. The highest BCUT2D eigenvalue weighted by Crippen LogP contribution is 2.26. The first-order chi connectivity index (χ1) is 9.78. The molecule has 0 aromatic heterocycles. The molecule has 0 saturated carbocycles. The lowest BCUT2D eigenvalue weighted by Crippen LogP contribution is -2.41. The molecular formula is C15H18BrClO4. The molecular weight excluding hydrogens is 360 g/mol. The van der Waals surface area contributed by atoms with Crippen molar-refractivity contribution in [1.82, 2.24) is 0 Å². The highest BCUT2D eigenvalue weighted by atomic mass is 79.9. The van der Waals surface area contributed by atoms with Gasteiger partial charge in [0.15, 0.2) is 0 Å². The Morgan fingerprint density at radius 2 is 1.86 bits per heavy atom. The van der Waals surface area contributed by atoms with Crippen molar-refractivity contribution in [2.24, 2.45) is 5.41 Å². The Kier molecular flexibility index (Phi) is 6.68. The summed E-state index contributed by atoms with van der Waals surface area (Å²) in [5.74, 6) is -0.482. The molecule has 0 aliphatic rings. The number of rotatable bonds is 7. The highest BCUT2D eigenvalue weighted by molar-refractivity contribution is 9.09. The summed E-state index contributed by atoms with van der Waals surface area (Å²) in [6.45, 7) is 5.22. The minimum absolute atomic E-state index is 0.292. The van der Waals surface area contributed by atoms with Gasteiger partial charge < -0.3 is 9.47 Å². The summed E-state index contributed by atoms with van der Waals surface area (Å²) in [5, 5.41) is -0.369. The average Bonchev–Trinajstić information content (AvgIpc) is 2.46. The predicted molar refractivity (Wildman–Crippen MR) is 84.8 cm³/mol. The van der Waals surface area contributed by atoms with Crippen LogP contribution in [0.2, 0.25) is 5.02 Å². The minimum Gasteiger partial charge on any atom is -0.471 e. The molecule has 1 rings (SSSR count). The molecule has 1 unspecified atom stereocenters. The van der Waals surface area contributed by atoms with Crippen LogP contribution in [0.3, 0.4) is 0 Å². The van der Waals surface area contributed by atoms with Gasteiger partial charge in [0, 0.05) is 5.02 Å². The van der Waals surface area contributed by atoms with Crippen molar-refractivity contribution in [2.75, 3.05) is 6.61 Å². The van der Waals surface area contributed by atoms with E-state index in [4.69, 9.17) is 21.1 Å². The van der Waals surface area contributed by atoms with Gasteiger partial charge in [-0.05, 0) is 60.5 Å². The van der Waals surface area contributed by atoms with E-state index >= 15 is 0 Å². The summed E-state index contributed by atoms with van der Waals surface area (Å²) in [5.41, 5.74) is -1.28. The summed E-state index contributed by atoms with van der Waals surface area (Å²) in [4.78, 5) is 24.3. The zero-order chi connectivity index (χ0) is 16.0. The van der Waals surface area contributed by atoms with E-state index in [9.17, 15) is 9.59 Å². The van der Waals surface area contributed by atoms with Crippen LogP contribution in [0.1, 0.15) is 27.2 Å².